The summed E-state index contributed by atoms with van der Waals surface area (Å²) >= 11 is 0. The van der Waals surface area contributed by atoms with Gasteiger partial charge in [0, 0.05) is 39.3 Å². The number of hydrogen-bond donors (Lipinski definition) is 0. The summed E-state index contributed by atoms with van der Waals surface area (Å²) in [5.41, 5.74) is 0. The van der Waals surface area contributed by atoms with Crippen LogP contribution in [-0.4, -0.2) is 81.6 Å². The lowest BCUT2D eigenvalue weighted by Gasteiger charge is -2.34. The van der Waals surface area contributed by atoms with Crippen LogP contribution in [0.1, 0.15) is 19.8 Å². The highest BCUT2D eigenvalue weighted by molar-refractivity contribution is 7.89. The molecule has 0 unspecified atom stereocenters. The zero-order valence-electron chi connectivity index (χ0n) is 11.9. The molecule has 108 valence electrons. The van der Waals surface area contributed by atoms with Gasteiger partial charge in [0.25, 0.3) is 0 Å². The van der Waals surface area contributed by atoms with Crippen LogP contribution in [0, 0.1) is 0 Å². The maximum atomic E-state index is 12.0. The van der Waals surface area contributed by atoms with Gasteiger partial charge in [-0.05, 0) is 20.5 Å². The zero-order valence-corrected chi connectivity index (χ0v) is 12.7. The van der Waals surface area contributed by atoms with Gasteiger partial charge in [-0.3, -0.25) is 4.90 Å². The molecule has 0 aliphatic carbocycles. The number of sulfonamides is 1. The molecule has 0 spiro atoms. The van der Waals surface area contributed by atoms with Crippen LogP contribution < -0.4 is 0 Å². The molecule has 1 heterocycles. The number of likely N-dealkylation sites (N-methyl/N-ethyl adjacent to an activating group) is 1. The lowest BCUT2D eigenvalue weighted by Crippen LogP contribution is -2.50. The first-order valence-electron chi connectivity index (χ1n) is 6.80. The Morgan fingerprint density at radius 2 is 1.72 bits per heavy atom. The summed E-state index contributed by atoms with van der Waals surface area (Å²) in [6.07, 6.45) is 1.70. The van der Waals surface area contributed by atoms with Gasteiger partial charge in [-0.15, -0.1) is 0 Å². The van der Waals surface area contributed by atoms with Crippen LogP contribution in [-0.2, 0) is 10.0 Å². The first-order valence-corrected chi connectivity index (χ1v) is 8.41. The van der Waals surface area contributed by atoms with E-state index in [9.17, 15) is 8.42 Å². The molecule has 5 nitrogen and oxygen atoms in total. The highest BCUT2D eigenvalue weighted by atomic mass is 32.2. The van der Waals surface area contributed by atoms with Crippen molar-refractivity contribution >= 4 is 10.0 Å². The van der Waals surface area contributed by atoms with Crippen molar-refractivity contribution in [3.05, 3.63) is 0 Å². The molecule has 0 aromatic rings. The summed E-state index contributed by atoms with van der Waals surface area (Å²) < 4.78 is 25.7. The molecule has 0 bridgehead atoms. The predicted molar refractivity (Wildman–Crippen MR) is 75.3 cm³/mol. The van der Waals surface area contributed by atoms with E-state index in [0.717, 1.165) is 39.0 Å². The van der Waals surface area contributed by atoms with Crippen molar-refractivity contribution in [2.75, 3.05) is 59.1 Å². The standard InChI is InChI=1S/C12H27N3O2S/c1-4-5-12-18(16,17)15-10-8-14(9-11-15)7-6-13(2)3/h4-12H2,1-3H3. The molecule has 1 rings (SSSR count). The Labute approximate surface area is 112 Å². The average Bonchev–Trinajstić information content (AvgIpc) is 2.34. The fraction of sp³-hybridized carbons (Fsp3) is 1.00. The van der Waals surface area contributed by atoms with Crippen LogP contribution >= 0.6 is 0 Å². The second-order valence-corrected chi connectivity index (χ2v) is 7.30. The largest absolute Gasteiger partial charge is 0.308 e. The van der Waals surface area contributed by atoms with E-state index in [4.69, 9.17) is 0 Å². The highest BCUT2D eigenvalue weighted by Gasteiger charge is 2.25. The van der Waals surface area contributed by atoms with E-state index in [-0.39, 0.29) is 0 Å². The fourth-order valence-electron chi connectivity index (χ4n) is 2.03. The van der Waals surface area contributed by atoms with E-state index >= 15 is 0 Å². The zero-order chi connectivity index (χ0) is 13.6. The molecule has 0 aromatic carbocycles. The van der Waals surface area contributed by atoms with Crippen LogP contribution in [0.4, 0.5) is 0 Å². The molecule has 0 amide bonds. The second kappa shape index (κ2) is 7.43. The molecule has 0 atom stereocenters. The summed E-state index contributed by atoms with van der Waals surface area (Å²) in [7, 11) is 1.12. The third kappa shape index (κ3) is 5.22. The van der Waals surface area contributed by atoms with Crippen molar-refractivity contribution in [3.63, 3.8) is 0 Å². The van der Waals surface area contributed by atoms with Crippen molar-refractivity contribution in [2.45, 2.75) is 19.8 Å². The molecular formula is C12H27N3O2S. The predicted octanol–water partition coefficient (Wildman–Crippen LogP) is 0.296. The van der Waals surface area contributed by atoms with Gasteiger partial charge < -0.3 is 4.90 Å². The Balaban J connectivity index is 2.34. The van der Waals surface area contributed by atoms with Gasteiger partial charge in [-0.2, -0.15) is 4.31 Å². The summed E-state index contributed by atoms with van der Waals surface area (Å²) in [4.78, 5) is 4.50. The number of unbranched alkanes of at least 4 members (excludes halogenated alkanes) is 1. The minimum absolute atomic E-state index is 0.307. The molecule has 6 heteroatoms. The number of nitrogens with zero attached hydrogens (tertiary/aromatic N) is 3. The first-order chi connectivity index (χ1) is 8.45. The normalized spacial score (nSPS) is 19.6. The van der Waals surface area contributed by atoms with Crippen molar-refractivity contribution in [1.82, 2.24) is 14.1 Å². The number of piperazine rings is 1. The Kier molecular flexibility index (Phi) is 6.55. The van der Waals surface area contributed by atoms with Gasteiger partial charge >= 0.3 is 0 Å². The molecule has 1 aliphatic rings. The van der Waals surface area contributed by atoms with E-state index in [0.29, 0.717) is 18.8 Å². The molecule has 0 saturated carbocycles. The third-order valence-electron chi connectivity index (χ3n) is 3.34. The molecule has 18 heavy (non-hydrogen) atoms. The molecular weight excluding hydrogens is 250 g/mol. The van der Waals surface area contributed by atoms with E-state index in [1.54, 1.807) is 4.31 Å². The summed E-state index contributed by atoms with van der Waals surface area (Å²) in [5.74, 6) is 0.307. The molecule has 1 fully saturated rings. The highest BCUT2D eigenvalue weighted by Crippen LogP contribution is 2.09. The Morgan fingerprint density at radius 3 is 2.22 bits per heavy atom. The van der Waals surface area contributed by atoms with Crippen molar-refractivity contribution in [2.24, 2.45) is 0 Å². The van der Waals surface area contributed by atoms with Gasteiger partial charge in [0.15, 0.2) is 0 Å². The van der Waals surface area contributed by atoms with Gasteiger partial charge in [0.1, 0.15) is 0 Å². The quantitative estimate of drug-likeness (QED) is 0.671. The minimum atomic E-state index is -3.00. The van der Waals surface area contributed by atoms with Crippen molar-refractivity contribution in [3.8, 4) is 0 Å². The van der Waals surface area contributed by atoms with Crippen LogP contribution in [0.5, 0.6) is 0 Å². The monoisotopic (exact) mass is 277 g/mol. The molecule has 1 saturated heterocycles. The molecule has 0 aromatic heterocycles. The van der Waals surface area contributed by atoms with Crippen molar-refractivity contribution in [1.29, 1.82) is 0 Å². The number of hydrogen-bond acceptors (Lipinski definition) is 4. The SMILES string of the molecule is CCCCS(=O)(=O)N1CCN(CCN(C)C)CC1. The van der Waals surface area contributed by atoms with Gasteiger partial charge in [0.05, 0.1) is 5.75 Å². The Morgan fingerprint density at radius 1 is 1.11 bits per heavy atom. The van der Waals surface area contributed by atoms with Gasteiger partial charge in [-0.1, -0.05) is 13.3 Å². The third-order valence-corrected chi connectivity index (χ3v) is 5.30. The van der Waals surface area contributed by atoms with Gasteiger partial charge in [-0.25, -0.2) is 8.42 Å². The Hall–Kier alpha value is -0.170. The molecule has 1 aliphatic heterocycles. The average molecular weight is 277 g/mol. The smallest absolute Gasteiger partial charge is 0.214 e. The van der Waals surface area contributed by atoms with E-state index in [1.807, 2.05) is 6.92 Å². The summed E-state index contributed by atoms with van der Waals surface area (Å²) in [6, 6.07) is 0. The minimum Gasteiger partial charge on any atom is -0.308 e. The topological polar surface area (TPSA) is 43.9 Å². The summed E-state index contributed by atoms with van der Waals surface area (Å²) in [5, 5.41) is 0. The van der Waals surface area contributed by atoms with Crippen LogP contribution in [0.3, 0.4) is 0 Å². The Bertz CT molecular complexity index is 322. The summed E-state index contributed by atoms with van der Waals surface area (Å²) in [6.45, 7) is 7.10. The molecule has 0 N–H and O–H groups in total. The van der Waals surface area contributed by atoms with E-state index in [1.165, 1.54) is 0 Å². The molecule has 0 radical (unpaired) electrons. The second-order valence-electron chi connectivity index (χ2n) is 5.21. The van der Waals surface area contributed by atoms with E-state index in [2.05, 4.69) is 23.9 Å². The van der Waals surface area contributed by atoms with Gasteiger partial charge in [0.2, 0.25) is 10.0 Å². The van der Waals surface area contributed by atoms with Crippen LogP contribution in [0.2, 0.25) is 0 Å². The first kappa shape index (κ1) is 15.9. The van der Waals surface area contributed by atoms with Crippen LogP contribution in [0.25, 0.3) is 0 Å². The lowest BCUT2D eigenvalue weighted by atomic mass is 10.3. The fourth-order valence-corrected chi connectivity index (χ4v) is 3.66. The van der Waals surface area contributed by atoms with E-state index < -0.39 is 10.0 Å². The maximum Gasteiger partial charge on any atom is 0.214 e. The lowest BCUT2D eigenvalue weighted by molar-refractivity contribution is 0.174. The van der Waals surface area contributed by atoms with Crippen LogP contribution in [0.15, 0.2) is 0 Å². The maximum absolute atomic E-state index is 12.0. The number of rotatable bonds is 7. The van der Waals surface area contributed by atoms with Crippen molar-refractivity contribution < 1.29 is 8.42 Å².